The maximum absolute atomic E-state index is 16.4. The first-order valence-corrected chi connectivity index (χ1v) is 43.7. The zero-order valence-corrected chi connectivity index (χ0v) is 71.7. The van der Waals surface area contributed by atoms with Crippen molar-refractivity contribution < 1.29 is 202 Å². The van der Waals surface area contributed by atoms with E-state index in [0.717, 1.165) is 5.57 Å². The Morgan fingerprint density at radius 2 is 1.01 bits per heavy atom. The van der Waals surface area contributed by atoms with Crippen LogP contribution in [0, 0.1) is 56.2 Å². The average molecular weight is 1800 g/mol. The minimum Gasteiger partial charge on any atom is -0.459 e. The monoisotopic (exact) mass is 1800 g/mol. The fraction of sp³-hybridized carbons (Fsp3) is 0.905. The topological polar surface area (TPSA) is 636 Å². The number of carbonyl (C=O) groups is 2. The van der Waals surface area contributed by atoms with Crippen molar-refractivity contribution in [1.82, 2.24) is 0 Å². The van der Waals surface area contributed by atoms with E-state index in [4.69, 9.17) is 80.5 Å². The molecule has 0 radical (unpaired) electrons. The van der Waals surface area contributed by atoms with Crippen molar-refractivity contribution in [3.63, 3.8) is 0 Å². The first-order valence-electron chi connectivity index (χ1n) is 43.7. The van der Waals surface area contributed by atoms with E-state index >= 15 is 4.79 Å². The van der Waals surface area contributed by atoms with Crippen LogP contribution in [-0.4, -0.2) is 411 Å². The second-order valence-electron chi connectivity index (χ2n) is 38.9. The van der Waals surface area contributed by atoms with E-state index in [1.165, 1.54) is 13.0 Å². The van der Waals surface area contributed by atoms with E-state index in [1.807, 2.05) is 6.92 Å². The van der Waals surface area contributed by atoms with E-state index in [1.54, 1.807) is 6.08 Å². The highest BCUT2D eigenvalue weighted by Crippen LogP contribution is 2.76. The second-order valence-corrected chi connectivity index (χ2v) is 38.9. The van der Waals surface area contributed by atoms with Crippen molar-refractivity contribution in [2.45, 2.75) is 366 Å². The minimum absolute atomic E-state index is 0.0227. The number of esters is 2. The molecule has 0 amide bonds. The zero-order chi connectivity index (χ0) is 91.1. The number of fused-ring (bicyclic) bond motifs is 7. The Kier molecular flexibility index (Phi) is 31.2. The number of aliphatic hydroxyl groups excluding tert-OH is 22. The van der Waals surface area contributed by atoms with Crippen LogP contribution in [0.3, 0.4) is 0 Å². The van der Waals surface area contributed by atoms with Crippen LogP contribution >= 0.6 is 0 Å². The van der Waals surface area contributed by atoms with Gasteiger partial charge in [0, 0.05) is 0 Å². The summed E-state index contributed by atoms with van der Waals surface area (Å²) >= 11 is 0. The van der Waals surface area contributed by atoms with Gasteiger partial charge < -0.3 is 193 Å². The molecule has 0 aromatic rings. The molecule has 13 aliphatic rings. The zero-order valence-electron chi connectivity index (χ0n) is 71.7. The Hall–Kier alpha value is -3.32. The molecule has 0 spiro atoms. The molecule has 0 bridgehead atoms. The molecular weight excluding hydrogens is 1660 g/mol. The number of hydrogen-bond donors (Lipinski definition) is 22. The van der Waals surface area contributed by atoms with Crippen LogP contribution in [-0.2, 0) is 90.1 Å². The third-order valence-corrected chi connectivity index (χ3v) is 30.3. The fourth-order valence-corrected chi connectivity index (χ4v) is 22.4. The molecule has 8 aliphatic heterocycles. The van der Waals surface area contributed by atoms with Crippen molar-refractivity contribution in [3.8, 4) is 0 Å². The Morgan fingerprint density at radius 3 is 1.63 bits per heavy atom. The molecule has 0 aromatic heterocycles. The number of aliphatic hydroxyl groups is 22. The molecule has 8 heterocycles. The summed E-state index contributed by atoms with van der Waals surface area (Å²) in [7, 11) is 0. The third kappa shape index (κ3) is 18.9. The lowest BCUT2D eigenvalue weighted by Gasteiger charge is -2.71. The Bertz CT molecular complexity index is 3670. The van der Waals surface area contributed by atoms with Gasteiger partial charge in [-0.1, -0.05) is 79.2 Å². The number of hydrogen-bond acceptors (Lipinski definition) is 41. The number of carbonyl (C=O) groups excluding carboxylic acids is 2. The smallest absolute Gasteiger partial charge is 0.336 e. The van der Waals surface area contributed by atoms with Gasteiger partial charge >= 0.3 is 11.9 Å². The maximum atomic E-state index is 16.4. The van der Waals surface area contributed by atoms with Gasteiger partial charge in [-0.15, -0.1) is 6.58 Å². The third-order valence-electron chi connectivity index (χ3n) is 30.3. The molecule has 22 N–H and O–H groups in total. The SMILES string of the molecule is C=C[C@@H](C)CC/C=C(\CO)C(=O)OC[C@H]1O[C@@H](OC(=O)[C@]23CCC(C)(C)C[C@H]2C2=CC[C@@H]4[C@@]5(C)CC[C@H](O[C@@H]6O[C@H](CO[C@@H]7OC[C@H](O)[C@H](O)[C@H]7O[C@@H]7OC[C@@H](O)[C@H](O)[C@H]7O)[C@@H](O)[C@H](O)[C@H]6O)C(C)(C)[C@@H]5CC[C@@]4(C)[C@]2(C)C[C@H]3O)[C@H](O[C@@H]2O[C@@H](C)[C@H](O[C@@H]3OC[C@@H](O)[C@H](O[C@@H]4OC[C@@H](O)[C@H](O)[C@H]4O)[C@H]3O)[C@@H](O)[C@H]2O[C@@H]2O[C@H](CO)[C@H](O)[C@H](O)[C@H]2O)[C@@H](O)[C@@H]1O. The summed E-state index contributed by atoms with van der Waals surface area (Å²) < 4.78 is 103. The van der Waals surface area contributed by atoms with Crippen molar-refractivity contribution in [2.24, 2.45) is 56.2 Å². The molecule has 716 valence electrons. The molecule has 12 fully saturated rings. The summed E-state index contributed by atoms with van der Waals surface area (Å²) in [6.45, 7) is 16.8. The highest BCUT2D eigenvalue weighted by molar-refractivity contribution is 5.88. The largest absolute Gasteiger partial charge is 0.459 e. The summed E-state index contributed by atoms with van der Waals surface area (Å²) in [6, 6.07) is 0. The van der Waals surface area contributed by atoms with Crippen molar-refractivity contribution in [1.29, 1.82) is 0 Å². The number of rotatable bonds is 26. The van der Waals surface area contributed by atoms with Crippen LogP contribution in [0.5, 0.6) is 0 Å². The summed E-state index contributed by atoms with van der Waals surface area (Å²) in [5.41, 5.74) is -4.08. The lowest BCUT2D eigenvalue weighted by molar-refractivity contribution is -0.401. The van der Waals surface area contributed by atoms with Crippen LogP contribution in [0.2, 0.25) is 0 Å². The average Bonchev–Trinajstić information content (AvgIpc) is 0.669. The predicted molar refractivity (Wildman–Crippen MR) is 417 cm³/mol. The highest BCUT2D eigenvalue weighted by Gasteiger charge is 2.73. The van der Waals surface area contributed by atoms with E-state index in [2.05, 4.69) is 61.1 Å². The molecule has 0 unspecified atom stereocenters. The lowest BCUT2D eigenvalue weighted by atomic mass is 9.33. The Labute approximate surface area is 723 Å². The lowest BCUT2D eigenvalue weighted by Crippen LogP contribution is -2.69. The van der Waals surface area contributed by atoms with Crippen LogP contribution in [0.25, 0.3) is 0 Å². The first-order chi connectivity index (χ1) is 58.8. The van der Waals surface area contributed by atoms with E-state index in [0.29, 0.717) is 57.8 Å². The first kappa shape index (κ1) is 99.2. The summed E-state index contributed by atoms with van der Waals surface area (Å²) in [4.78, 5) is 30.2. The Balaban J connectivity index is 0.764. The van der Waals surface area contributed by atoms with Gasteiger partial charge in [-0.05, 0) is 128 Å². The summed E-state index contributed by atoms with van der Waals surface area (Å²) in [5, 5.41) is 246. The molecule has 0 aromatic carbocycles. The van der Waals surface area contributed by atoms with Gasteiger partial charge in [0.2, 0.25) is 6.29 Å². The number of allylic oxidation sites excluding steroid dienone is 4. The van der Waals surface area contributed by atoms with Gasteiger partial charge in [-0.2, -0.15) is 0 Å². The molecule has 8 saturated heterocycles. The quantitative estimate of drug-likeness (QED) is 0.0166. The molecule has 41 heteroatoms. The van der Waals surface area contributed by atoms with Crippen molar-refractivity contribution in [3.05, 3.63) is 36.0 Å². The minimum atomic E-state index is -2.27. The van der Waals surface area contributed by atoms with Crippen LogP contribution in [0.15, 0.2) is 36.0 Å². The van der Waals surface area contributed by atoms with Crippen LogP contribution < -0.4 is 0 Å². The van der Waals surface area contributed by atoms with Crippen molar-refractivity contribution >= 4 is 11.9 Å². The van der Waals surface area contributed by atoms with Gasteiger partial charge in [-0.25, -0.2) is 4.79 Å². The van der Waals surface area contributed by atoms with Crippen LogP contribution in [0.1, 0.15) is 133 Å². The summed E-state index contributed by atoms with van der Waals surface area (Å²) in [6.07, 6.45) is -57.7. The molecular formula is C84H134O41. The highest BCUT2D eigenvalue weighted by atomic mass is 16.8. The van der Waals surface area contributed by atoms with Gasteiger partial charge in [-0.3, -0.25) is 4.79 Å². The van der Waals surface area contributed by atoms with Gasteiger partial charge in [0.15, 0.2) is 50.1 Å². The van der Waals surface area contributed by atoms with E-state index in [-0.39, 0.29) is 36.2 Å². The standard InChI is InChI=1S/C84H134O41/c1-11-33(2)13-12-14-35(25-85)69(107)109-31-43-54(97)57(100)67(124-76-68(123-74-61(104)55(98)52(95)42(26-86)116-74)62(105)64(34(3)115-76)120-72-63(106)65(41(90)30-112-72)121-70-58(101)49(92)38(87)27-110-70)77(118-43)125-78(108)84-22-21-79(4,5)23-37(84)36-15-16-46-81(8)19-18-48(80(6,7)45(81)17-20-82(46,9)83(36,10)24-47(84)91)119-73-60(103)56(99)53(96)44(117-73)32-114-75-66(51(94)40(89)29-113-75)122-71-59(102)50(93)39(88)28-111-71/h11,14-15,33-34,37-68,70-77,85-106H,1,12-13,16-32H2,2-10H3/b35-14+/t33-,34+,37+,38-,39-,40+,41-,42-,43-,44-,45+,46-,47-,48+,49+,50+,51+,52+,53-,54-,55+,56+,57+,58-,59-,60-,61-,62-,63-,64+,65+,66-,67-,68-,70+,71+,72+,73+,74+,75+,76+,77+,81+,82-,83-,84-/m1/s1. The van der Waals surface area contributed by atoms with Gasteiger partial charge in [0.25, 0.3) is 0 Å². The van der Waals surface area contributed by atoms with Gasteiger partial charge in [0.1, 0.15) is 171 Å². The molecule has 46 atom stereocenters. The fourth-order valence-electron chi connectivity index (χ4n) is 22.4. The van der Waals surface area contributed by atoms with Crippen LogP contribution in [0.4, 0.5) is 0 Å². The Morgan fingerprint density at radius 1 is 0.496 bits per heavy atom. The molecule has 13 rings (SSSR count). The second kappa shape index (κ2) is 39.3. The maximum Gasteiger partial charge on any atom is 0.336 e. The molecule has 5 aliphatic carbocycles. The van der Waals surface area contributed by atoms with Gasteiger partial charge in [0.05, 0.1) is 70.1 Å². The van der Waals surface area contributed by atoms with E-state index in [9.17, 15) is 117 Å². The normalized spacial score (nSPS) is 50.9. The molecule has 41 nitrogen and oxygen atoms in total. The molecule has 4 saturated carbocycles. The number of ether oxygens (including phenoxy) is 17. The summed E-state index contributed by atoms with van der Waals surface area (Å²) in [5.74, 6) is -2.95. The molecule has 125 heavy (non-hydrogen) atoms. The van der Waals surface area contributed by atoms with Crippen molar-refractivity contribution in [2.75, 3.05) is 52.9 Å². The predicted octanol–water partition coefficient (Wildman–Crippen LogP) is -6.11. The van der Waals surface area contributed by atoms with E-state index < -0.39 is 337 Å².